The van der Waals surface area contributed by atoms with Crippen molar-refractivity contribution >= 4 is 11.5 Å². The molecule has 1 aliphatic heterocycles. The Morgan fingerprint density at radius 2 is 2.05 bits per heavy atom. The lowest BCUT2D eigenvalue weighted by Crippen LogP contribution is -2.19. The molecule has 0 saturated heterocycles. The molecule has 0 aliphatic carbocycles. The summed E-state index contributed by atoms with van der Waals surface area (Å²) in [4.78, 5) is 6.77. The molecule has 1 atom stereocenters. The molecule has 0 bridgehead atoms. The van der Waals surface area contributed by atoms with Crippen molar-refractivity contribution in [3.05, 3.63) is 53.7 Å². The summed E-state index contributed by atoms with van der Waals surface area (Å²) in [5, 5.41) is 9.75. The average molecular weight is 268 g/mol. The van der Waals surface area contributed by atoms with Gasteiger partial charge in [-0.3, -0.25) is 0 Å². The molecule has 0 amide bonds. The number of aryl methyl sites for hydroxylation is 1. The molecule has 1 N–H and O–H groups in total. The first kappa shape index (κ1) is 13.1. The van der Waals surface area contributed by atoms with Crippen molar-refractivity contribution in [1.82, 2.24) is 4.98 Å². The highest BCUT2D eigenvalue weighted by Crippen LogP contribution is 2.32. The zero-order chi connectivity index (χ0) is 13.9. The van der Waals surface area contributed by atoms with Crippen LogP contribution in [0.25, 0.3) is 0 Å². The molecule has 1 aliphatic rings. The lowest BCUT2D eigenvalue weighted by Gasteiger charge is -2.24. The van der Waals surface area contributed by atoms with Crippen molar-refractivity contribution in [3.63, 3.8) is 0 Å². The summed E-state index contributed by atoms with van der Waals surface area (Å²) in [5.74, 6) is 0.928. The van der Waals surface area contributed by atoms with Crippen molar-refractivity contribution in [2.45, 2.75) is 32.3 Å². The molecule has 1 aromatic carbocycles. The number of aromatic nitrogens is 1. The van der Waals surface area contributed by atoms with Gasteiger partial charge in [0.25, 0.3) is 0 Å². The van der Waals surface area contributed by atoms with Crippen LogP contribution in [-0.4, -0.2) is 16.6 Å². The third kappa shape index (κ3) is 2.54. The summed E-state index contributed by atoms with van der Waals surface area (Å²) in [6.45, 7) is 2.77. The van der Waals surface area contributed by atoms with Crippen LogP contribution in [0.5, 0.6) is 0 Å². The van der Waals surface area contributed by atoms with Crippen LogP contribution >= 0.6 is 0 Å². The van der Waals surface area contributed by atoms with Gasteiger partial charge < -0.3 is 10.0 Å². The highest BCUT2D eigenvalue weighted by Gasteiger charge is 2.17. The monoisotopic (exact) mass is 268 g/mol. The number of anilines is 2. The standard InChI is InChI=1S/C17H20N2O/c1-13(20)15-9-10-18-17(12-15)19-11-5-4-7-14-6-2-3-8-16(14)19/h2-3,6,8-10,12-13,20H,4-5,7,11H2,1H3/t13-/m0/s1. The predicted octanol–water partition coefficient (Wildman–Crippen LogP) is 3.61. The highest BCUT2D eigenvalue weighted by molar-refractivity contribution is 5.64. The van der Waals surface area contributed by atoms with Gasteiger partial charge in [0, 0.05) is 18.4 Å². The maximum absolute atomic E-state index is 9.75. The Hall–Kier alpha value is -1.87. The van der Waals surface area contributed by atoms with Gasteiger partial charge in [-0.25, -0.2) is 4.98 Å². The Balaban J connectivity index is 2.03. The zero-order valence-corrected chi connectivity index (χ0v) is 11.8. The van der Waals surface area contributed by atoms with Crippen molar-refractivity contribution < 1.29 is 5.11 Å². The summed E-state index contributed by atoms with van der Waals surface area (Å²) in [7, 11) is 0. The molecule has 104 valence electrons. The fourth-order valence-corrected chi connectivity index (χ4v) is 2.77. The molecule has 2 aromatic rings. The normalized spacial score (nSPS) is 16.4. The summed E-state index contributed by atoms with van der Waals surface area (Å²) < 4.78 is 0. The van der Waals surface area contributed by atoms with E-state index in [0.29, 0.717) is 0 Å². The molecule has 3 nitrogen and oxygen atoms in total. The Bertz CT molecular complexity index is 595. The van der Waals surface area contributed by atoms with E-state index >= 15 is 0 Å². The summed E-state index contributed by atoms with van der Waals surface area (Å²) >= 11 is 0. The van der Waals surface area contributed by atoms with E-state index in [1.165, 1.54) is 17.7 Å². The number of benzene rings is 1. The van der Waals surface area contributed by atoms with E-state index < -0.39 is 6.10 Å². The number of aliphatic hydroxyl groups is 1. The molecule has 1 aromatic heterocycles. The lowest BCUT2D eigenvalue weighted by molar-refractivity contribution is 0.199. The number of pyridine rings is 1. The Morgan fingerprint density at radius 3 is 2.90 bits per heavy atom. The van der Waals surface area contributed by atoms with Crippen LogP contribution in [0.4, 0.5) is 11.5 Å². The summed E-state index contributed by atoms with van der Waals surface area (Å²) in [6.07, 6.45) is 4.82. The van der Waals surface area contributed by atoms with E-state index in [1.54, 1.807) is 13.1 Å². The SMILES string of the molecule is C[C@H](O)c1ccnc(N2CCCCc3ccccc32)c1. The number of rotatable bonds is 2. The minimum absolute atomic E-state index is 0.459. The van der Waals surface area contributed by atoms with Gasteiger partial charge in [-0.05, 0) is 55.5 Å². The first-order chi connectivity index (χ1) is 9.75. The maximum atomic E-state index is 9.75. The second kappa shape index (κ2) is 5.63. The van der Waals surface area contributed by atoms with E-state index in [4.69, 9.17) is 0 Å². The predicted molar refractivity (Wildman–Crippen MR) is 81.3 cm³/mol. The molecule has 2 heterocycles. The molecule has 20 heavy (non-hydrogen) atoms. The smallest absolute Gasteiger partial charge is 0.133 e. The number of fused-ring (bicyclic) bond motifs is 1. The summed E-state index contributed by atoms with van der Waals surface area (Å²) in [5.41, 5.74) is 3.55. The average Bonchev–Trinajstić information content (AvgIpc) is 2.69. The fourth-order valence-electron chi connectivity index (χ4n) is 2.77. The van der Waals surface area contributed by atoms with E-state index in [-0.39, 0.29) is 0 Å². The minimum Gasteiger partial charge on any atom is -0.389 e. The van der Waals surface area contributed by atoms with Gasteiger partial charge in [0.1, 0.15) is 5.82 Å². The third-order valence-electron chi connectivity index (χ3n) is 3.89. The van der Waals surface area contributed by atoms with Gasteiger partial charge in [-0.2, -0.15) is 0 Å². The van der Waals surface area contributed by atoms with Crippen LogP contribution in [0.15, 0.2) is 42.6 Å². The van der Waals surface area contributed by atoms with Crippen molar-refractivity contribution in [1.29, 1.82) is 0 Å². The Morgan fingerprint density at radius 1 is 1.20 bits per heavy atom. The van der Waals surface area contributed by atoms with E-state index in [1.807, 2.05) is 12.1 Å². The maximum Gasteiger partial charge on any atom is 0.133 e. The van der Waals surface area contributed by atoms with E-state index in [0.717, 1.165) is 30.8 Å². The molecule has 0 unspecified atom stereocenters. The quantitative estimate of drug-likeness (QED) is 0.904. The third-order valence-corrected chi connectivity index (χ3v) is 3.89. The minimum atomic E-state index is -0.459. The van der Waals surface area contributed by atoms with Gasteiger partial charge in [0.15, 0.2) is 0 Å². The molecular weight excluding hydrogens is 248 g/mol. The number of hydrogen-bond acceptors (Lipinski definition) is 3. The zero-order valence-electron chi connectivity index (χ0n) is 11.8. The van der Waals surface area contributed by atoms with Gasteiger partial charge >= 0.3 is 0 Å². The van der Waals surface area contributed by atoms with Crippen LogP contribution in [0.1, 0.15) is 37.0 Å². The van der Waals surface area contributed by atoms with Crippen LogP contribution in [-0.2, 0) is 6.42 Å². The molecule has 0 saturated carbocycles. The van der Waals surface area contributed by atoms with Crippen molar-refractivity contribution in [2.24, 2.45) is 0 Å². The summed E-state index contributed by atoms with van der Waals surface area (Å²) in [6, 6.07) is 12.4. The van der Waals surface area contributed by atoms with Crippen LogP contribution in [0.3, 0.4) is 0 Å². The molecule has 3 heteroatoms. The van der Waals surface area contributed by atoms with Crippen molar-refractivity contribution in [2.75, 3.05) is 11.4 Å². The second-order valence-electron chi connectivity index (χ2n) is 5.36. The first-order valence-electron chi connectivity index (χ1n) is 7.25. The fraction of sp³-hybridized carbons (Fsp3) is 0.353. The number of aliphatic hydroxyl groups excluding tert-OH is 1. The molecule has 0 radical (unpaired) electrons. The Kier molecular flexibility index (Phi) is 3.70. The number of hydrogen-bond donors (Lipinski definition) is 1. The highest BCUT2D eigenvalue weighted by atomic mass is 16.3. The van der Waals surface area contributed by atoms with E-state index in [9.17, 15) is 5.11 Å². The van der Waals surface area contributed by atoms with Crippen molar-refractivity contribution in [3.8, 4) is 0 Å². The molecule has 3 rings (SSSR count). The van der Waals surface area contributed by atoms with Gasteiger partial charge in [-0.1, -0.05) is 18.2 Å². The number of nitrogens with zero attached hydrogens (tertiary/aromatic N) is 2. The number of para-hydroxylation sites is 1. The topological polar surface area (TPSA) is 36.4 Å². The lowest BCUT2D eigenvalue weighted by atomic mass is 10.1. The second-order valence-corrected chi connectivity index (χ2v) is 5.36. The largest absolute Gasteiger partial charge is 0.389 e. The Labute approximate surface area is 119 Å². The first-order valence-corrected chi connectivity index (χ1v) is 7.25. The van der Waals surface area contributed by atoms with Crippen LogP contribution < -0.4 is 4.90 Å². The van der Waals surface area contributed by atoms with Gasteiger partial charge in [0.05, 0.1) is 6.10 Å². The van der Waals surface area contributed by atoms with Gasteiger partial charge in [-0.15, -0.1) is 0 Å². The van der Waals surface area contributed by atoms with Crippen LogP contribution in [0, 0.1) is 0 Å². The molecule has 0 fully saturated rings. The van der Waals surface area contributed by atoms with Crippen LogP contribution in [0.2, 0.25) is 0 Å². The van der Waals surface area contributed by atoms with E-state index in [2.05, 4.69) is 34.1 Å². The molecule has 0 spiro atoms. The van der Waals surface area contributed by atoms with Gasteiger partial charge in [0.2, 0.25) is 0 Å². The molecular formula is C17H20N2O.